The molecule has 0 spiro atoms. The van der Waals surface area contributed by atoms with Gasteiger partial charge in [0.25, 0.3) is 0 Å². The minimum atomic E-state index is -1.17. The second-order valence-electron chi connectivity index (χ2n) is 8.07. The van der Waals surface area contributed by atoms with E-state index in [9.17, 15) is 9.59 Å². The number of nitrogens with one attached hydrogen (secondary N) is 1. The molecule has 0 radical (unpaired) electrons. The van der Waals surface area contributed by atoms with Crippen LogP contribution in [-0.2, 0) is 9.59 Å². The maximum atomic E-state index is 12.3. The molecule has 20 heavy (non-hydrogen) atoms. The van der Waals surface area contributed by atoms with Gasteiger partial charge in [0.15, 0.2) is 0 Å². The topological polar surface area (TPSA) is 66.4 Å². The van der Waals surface area contributed by atoms with Gasteiger partial charge in [0.1, 0.15) is 5.54 Å². The third-order valence-electron chi connectivity index (χ3n) is 5.69. The highest BCUT2D eigenvalue weighted by atomic mass is 16.4. The van der Waals surface area contributed by atoms with Crippen molar-refractivity contribution in [3.8, 4) is 0 Å². The van der Waals surface area contributed by atoms with Gasteiger partial charge in [-0.1, -0.05) is 0 Å². The Hall–Kier alpha value is -1.06. The minimum Gasteiger partial charge on any atom is -0.480 e. The van der Waals surface area contributed by atoms with Gasteiger partial charge < -0.3 is 10.4 Å². The van der Waals surface area contributed by atoms with Gasteiger partial charge in [-0.15, -0.1) is 0 Å². The van der Waals surface area contributed by atoms with Crippen LogP contribution in [0, 0.1) is 23.2 Å². The van der Waals surface area contributed by atoms with Gasteiger partial charge in [-0.3, -0.25) is 4.79 Å². The summed E-state index contributed by atoms with van der Waals surface area (Å²) in [6.07, 6.45) is 8.15. The van der Waals surface area contributed by atoms with E-state index in [0.717, 1.165) is 17.8 Å². The maximum Gasteiger partial charge on any atom is 0.328 e. The smallest absolute Gasteiger partial charge is 0.328 e. The molecule has 4 nitrogen and oxygen atoms in total. The Morgan fingerprint density at radius 3 is 1.95 bits per heavy atom. The van der Waals surface area contributed by atoms with E-state index >= 15 is 0 Å². The van der Waals surface area contributed by atoms with E-state index < -0.39 is 11.5 Å². The van der Waals surface area contributed by atoms with Crippen LogP contribution >= 0.6 is 0 Å². The third-order valence-corrected chi connectivity index (χ3v) is 5.69. The number of hydrogen-bond acceptors (Lipinski definition) is 2. The quantitative estimate of drug-likeness (QED) is 0.831. The summed E-state index contributed by atoms with van der Waals surface area (Å²) in [6, 6.07) is 0. The molecule has 0 heterocycles. The SMILES string of the molecule is CC(C)(NC(=O)CC12CC3CC(CC(C3)C1)C2)C(=O)O. The van der Waals surface area contributed by atoms with Gasteiger partial charge in [-0.05, 0) is 75.5 Å². The number of carbonyl (C=O) groups excluding carboxylic acids is 1. The Kier molecular flexibility index (Phi) is 3.11. The molecule has 1 amide bonds. The van der Waals surface area contributed by atoms with Crippen molar-refractivity contribution in [2.45, 2.75) is 64.3 Å². The van der Waals surface area contributed by atoms with Crippen molar-refractivity contribution in [1.29, 1.82) is 0 Å². The Labute approximate surface area is 120 Å². The molecule has 0 atom stereocenters. The molecule has 112 valence electrons. The van der Waals surface area contributed by atoms with Crippen LogP contribution in [0.15, 0.2) is 0 Å². The van der Waals surface area contributed by atoms with Crippen LogP contribution < -0.4 is 5.32 Å². The minimum absolute atomic E-state index is 0.0839. The molecule has 4 aliphatic carbocycles. The first-order valence-electron chi connectivity index (χ1n) is 7.82. The standard InChI is InChI=1S/C16H25NO3/c1-15(2,14(19)20)17-13(18)9-16-6-10-3-11(7-16)5-12(4-10)8-16/h10-12H,3-9H2,1-2H3,(H,17,18)(H,19,20). The third kappa shape index (κ3) is 2.45. The van der Waals surface area contributed by atoms with Gasteiger partial charge in [-0.25, -0.2) is 4.79 Å². The van der Waals surface area contributed by atoms with E-state index in [4.69, 9.17) is 5.11 Å². The van der Waals surface area contributed by atoms with Gasteiger partial charge in [0.05, 0.1) is 0 Å². The molecule has 2 N–H and O–H groups in total. The summed E-state index contributed by atoms with van der Waals surface area (Å²) in [5.41, 5.74) is -0.993. The highest BCUT2D eigenvalue weighted by Crippen LogP contribution is 2.61. The number of carbonyl (C=O) groups is 2. The molecule has 4 rings (SSSR count). The highest BCUT2D eigenvalue weighted by molar-refractivity contribution is 5.86. The molecule has 4 bridgehead atoms. The number of aliphatic carboxylic acids is 1. The zero-order valence-corrected chi connectivity index (χ0v) is 12.4. The number of hydrogen-bond donors (Lipinski definition) is 2. The van der Waals surface area contributed by atoms with Crippen molar-refractivity contribution in [3.63, 3.8) is 0 Å². The number of carboxylic acid groups (broad SMARTS) is 1. The van der Waals surface area contributed by atoms with E-state index in [-0.39, 0.29) is 11.3 Å². The largest absolute Gasteiger partial charge is 0.480 e. The summed E-state index contributed by atoms with van der Waals surface area (Å²) in [5.74, 6) is 1.40. The Morgan fingerprint density at radius 2 is 1.55 bits per heavy atom. The molecule has 0 aliphatic heterocycles. The molecule has 0 saturated heterocycles. The molecular weight excluding hydrogens is 254 g/mol. The molecule has 0 aromatic rings. The van der Waals surface area contributed by atoms with E-state index in [1.165, 1.54) is 38.5 Å². The second kappa shape index (κ2) is 4.47. The van der Waals surface area contributed by atoms with Gasteiger partial charge in [0, 0.05) is 6.42 Å². The predicted molar refractivity (Wildman–Crippen MR) is 75.1 cm³/mol. The van der Waals surface area contributed by atoms with Crippen molar-refractivity contribution in [1.82, 2.24) is 5.32 Å². The van der Waals surface area contributed by atoms with Crippen LogP contribution in [0.1, 0.15) is 58.8 Å². The molecule has 0 aromatic heterocycles. The lowest BCUT2D eigenvalue weighted by Crippen LogP contribution is -2.53. The van der Waals surface area contributed by atoms with Crippen LogP contribution in [0.5, 0.6) is 0 Å². The van der Waals surface area contributed by atoms with Crippen LogP contribution in [0.25, 0.3) is 0 Å². The number of rotatable bonds is 4. The second-order valence-corrected chi connectivity index (χ2v) is 8.07. The van der Waals surface area contributed by atoms with Crippen molar-refractivity contribution < 1.29 is 14.7 Å². The summed E-state index contributed by atoms with van der Waals surface area (Å²) >= 11 is 0. The van der Waals surface area contributed by atoms with E-state index in [1.54, 1.807) is 13.8 Å². The zero-order valence-electron chi connectivity index (χ0n) is 12.4. The lowest BCUT2D eigenvalue weighted by Gasteiger charge is -2.56. The molecule has 4 fully saturated rings. The van der Waals surface area contributed by atoms with Crippen LogP contribution in [0.2, 0.25) is 0 Å². The molecule has 0 aromatic carbocycles. The van der Waals surface area contributed by atoms with Crippen molar-refractivity contribution in [2.75, 3.05) is 0 Å². The predicted octanol–water partition coefficient (Wildman–Crippen LogP) is 2.57. The zero-order chi connectivity index (χ0) is 14.5. The Morgan fingerprint density at radius 1 is 1.10 bits per heavy atom. The first-order valence-corrected chi connectivity index (χ1v) is 7.82. The summed E-state index contributed by atoms with van der Waals surface area (Å²) in [6.45, 7) is 3.10. The van der Waals surface area contributed by atoms with Crippen molar-refractivity contribution >= 4 is 11.9 Å². The summed E-state index contributed by atoms with van der Waals surface area (Å²) in [7, 11) is 0. The summed E-state index contributed by atoms with van der Waals surface area (Å²) in [5, 5.41) is 11.8. The lowest BCUT2D eigenvalue weighted by atomic mass is 9.49. The van der Waals surface area contributed by atoms with Crippen LogP contribution in [0.3, 0.4) is 0 Å². The average Bonchev–Trinajstić information content (AvgIpc) is 2.24. The summed E-state index contributed by atoms with van der Waals surface area (Å²) < 4.78 is 0. The monoisotopic (exact) mass is 279 g/mol. The van der Waals surface area contributed by atoms with Gasteiger partial charge >= 0.3 is 5.97 Å². The van der Waals surface area contributed by atoms with Gasteiger partial charge in [0.2, 0.25) is 5.91 Å². The summed E-state index contributed by atoms with van der Waals surface area (Å²) in [4.78, 5) is 23.4. The van der Waals surface area contributed by atoms with Gasteiger partial charge in [-0.2, -0.15) is 0 Å². The van der Waals surface area contributed by atoms with Crippen molar-refractivity contribution in [2.24, 2.45) is 23.2 Å². The molecule has 4 aliphatic rings. The normalized spacial score (nSPS) is 38.8. The van der Waals surface area contributed by atoms with Crippen LogP contribution in [-0.4, -0.2) is 22.5 Å². The molecular formula is C16H25NO3. The maximum absolute atomic E-state index is 12.3. The fraction of sp³-hybridized carbons (Fsp3) is 0.875. The molecule has 4 saturated carbocycles. The lowest BCUT2D eigenvalue weighted by molar-refractivity contribution is -0.147. The fourth-order valence-electron chi connectivity index (χ4n) is 5.29. The number of carboxylic acids is 1. The van der Waals surface area contributed by atoms with E-state index in [1.807, 2.05) is 0 Å². The highest BCUT2D eigenvalue weighted by Gasteiger charge is 2.51. The first-order chi connectivity index (χ1) is 9.28. The Bertz CT molecular complexity index is 406. The van der Waals surface area contributed by atoms with E-state index in [0.29, 0.717) is 6.42 Å². The van der Waals surface area contributed by atoms with Crippen molar-refractivity contribution in [3.05, 3.63) is 0 Å². The average molecular weight is 279 g/mol. The first kappa shape index (κ1) is 13.9. The number of amides is 1. The fourth-order valence-corrected chi connectivity index (χ4v) is 5.29. The molecule has 0 unspecified atom stereocenters. The molecule has 4 heteroatoms. The Balaban J connectivity index is 1.66. The van der Waals surface area contributed by atoms with E-state index in [2.05, 4.69) is 5.32 Å². The van der Waals surface area contributed by atoms with Crippen LogP contribution in [0.4, 0.5) is 0 Å².